The Bertz CT molecular complexity index is 873. The summed E-state index contributed by atoms with van der Waals surface area (Å²) in [6, 6.07) is 5.17. The molecule has 0 atom stereocenters. The van der Waals surface area contributed by atoms with Gasteiger partial charge in [0, 0.05) is 45.1 Å². The molecule has 2 saturated heterocycles. The molecular weight excluding hydrogens is 406 g/mol. The van der Waals surface area contributed by atoms with Crippen molar-refractivity contribution in [1.82, 2.24) is 14.5 Å². The Labute approximate surface area is 178 Å². The van der Waals surface area contributed by atoms with Crippen molar-refractivity contribution in [2.45, 2.75) is 38.0 Å². The van der Waals surface area contributed by atoms with Crippen LogP contribution in [0.15, 0.2) is 23.1 Å². The maximum absolute atomic E-state index is 12.6. The molecule has 1 aromatic carbocycles. The molecule has 2 heterocycles. The van der Waals surface area contributed by atoms with Crippen LogP contribution >= 0.6 is 0 Å². The number of sulfonamides is 1. The van der Waals surface area contributed by atoms with Gasteiger partial charge in [-0.15, -0.1) is 0 Å². The minimum Gasteiger partial charge on any atom is -0.378 e. The van der Waals surface area contributed by atoms with Gasteiger partial charge < -0.3 is 14.5 Å². The fourth-order valence-electron chi connectivity index (χ4n) is 4.05. The third-order valence-electron chi connectivity index (χ3n) is 5.77. The number of morpholine rings is 1. The van der Waals surface area contributed by atoms with E-state index < -0.39 is 10.0 Å². The van der Waals surface area contributed by atoms with Gasteiger partial charge in [0.25, 0.3) is 0 Å². The summed E-state index contributed by atoms with van der Waals surface area (Å²) in [7, 11) is -3.65. The second-order valence-corrected chi connectivity index (χ2v) is 9.74. The summed E-state index contributed by atoms with van der Waals surface area (Å²) < 4.78 is 32.8. The molecule has 0 aliphatic carbocycles. The van der Waals surface area contributed by atoms with Crippen LogP contribution in [0.1, 0.15) is 30.4 Å². The molecule has 0 unspecified atom stereocenters. The average molecular weight is 438 g/mol. The molecule has 0 radical (unpaired) electrons. The highest BCUT2D eigenvalue weighted by Gasteiger charge is 2.30. The molecule has 0 bridgehead atoms. The second-order valence-electron chi connectivity index (χ2n) is 8.01. The van der Waals surface area contributed by atoms with E-state index >= 15 is 0 Å². The van der Waals surface area contributed by atoms with E-state index in [1.807, 2.05) is 17.9 Å². The standard InChI is InChI=1S/C21H31N3O5S/c1-16-3-4-19(17(2)15-16)30(27,28)22-8-5-20(25)23-9-6-18(7-10-23)21(26)24-11-13-29-14-12-24/h3-4,15,18,22H,5-14H2,1-2H3. The van der Waals surface area contributed by atoms with E-state index in [1.165, 1.54) is 0 Å². The lowest BCUT2D eigenvalue weighted by Crippen LogP contribution is -2.47. The van der Waals surface area contributed by atoms with Crippen molar-refractivity contribution >= 4 is 21.8 Å². The average Bonchev–Trinajstić information content (AvgIpc) is 2.73. The lowest BCUT2D eigenvalue weighted by molar-refractivity contribution is -0.143. The van der Waals surface area contributed by atoms with Gasteiger partial charge in [0.05, 0.1) is 18.1 Å². The summed E-state index contributed by atoms with van der Waals surface area (Å²) in [6.45, 7) is 7.23. The summed E-state index contributed by atoms with van der Waals surface area (Å²) in [4.78, 5) is 28.9. The fraction of sp³-hybridized carbons (Fsp3) is 0.619. The highest BCUT2D eigenvalue weighted by atomic mass is 32.2. The Morgan fingerprint density at radius 1 is 1.07 bits per heavy atom. The summed E-state index contributed by atoms with van der Waals surface area (Å²) in [5.74, 6) is 0.0254. The SMILES string of the molecule is Cc1ccc(S(=O)(=O)NCCC(=O)N2CCC(C(=O)N3CCOCC3)CC2)c(C)c1. The lowest BCUT2D eigenvalue weighted by Gasteiger charge is -2.35. The predicted molar refractivity (Wildman–Crippen MR) is 112 cm³/mol. The highest BCUT2D eigenvalue weighted by Crippen LogP contribution is 2.21. The van der Waals surface area contributed by atoms with Gasteiger partial charge in [0.1, 0.15) is 0 Å². The molecule has 2 aliphatic rings. The van der Waals surface area contributed by atoms with Crippen molar-refractivity contribution in [2.75, 3.05) is 45.9 Å². The number of nitrogens with one attached hydrogen (secondary N) is 1. The first kappa shape index (κ1) is 22.7. The molecule has 1 N–H and O–H groups in total. The quantitative estimate of drug-likeness (QED) is 0.718. The molecule has 0 aromatic heterocycles. The van der Waals surface area contributed by atoms with Crippen LogP contribution in [0.25, 0.3) is 0 Å². The summed E-state index contributed by atoms with van der Waals surface area (Å²) in [5.41, 5.74) is 1.68. The smallest absolute Gasteiger partial charge is 0.240 e. The molecule has 8 nitrogen and oxygen atoms in total. The first-order valence-electron chi connectivity index (χ1n) is 10.5. The highest BCUT2D eigenvalue weighted by molar-refractivity contribution is 7.89. The van der Waals surface area contributed by atoms with Gasteiger partial charge in [-0.05, 0) is 38.3 Å². The first-order chi connectivity index (χ1) is 14.3. The minimum absolute atomic E-state index is 0.0461. The lowest BCUT2D eigenvalue weighted by atomic mass is 9.95. The molecule has 1 aromatic rings. The third kappa shape index (κ3) is 5.59. The maximum Gasteiger partial charge on any atom is 0.240 e. The number of amides is 2. The number of nitrogens with zero attached hydrogens (tertiary/aromatic N) is 2. The second kappa shape index (κ2) is 9.89. The molecule has 30 heavy (non-hydrogen) atoms. The van der Waals surface area contributed by atoms with Gasteiger partial charge in [0.2, 0.25) is 21.8 Å². The van der Waals surface area contributed by atoms with Crippen LogP contribution in [-0.2, 0) is 24.3 Å². The van der Waals surface area contributed by atoms with Crippen molar-refractivity contribution in [3.8, 4) is 0 Å². The molecule has 2 amide bonds. The van der Waals surface area contributed by atoms with Gasteiger partial charge in [-0.1, -0.05) is 17.7 Å². The molecule has 2 fully saturated rings. The summed E-state index contributed by atoms with van der Waals surface area (Å²) >= 11 is 0. The number of rotatable bonds is 6. The normalized spacial score (nSPS) is 18.5. The number of ether oxygens (including phenoxy) is 1. The zero-order valence-corrected chi connectivity index (χ0v) is 18.5. The van der Waals surface area contributed by atoms with E-state index in [2.05, 4.69) is 4.72 Å². The Morgan fingerprint density at radius 3 is 2.37 bits per heavy atom. The predicted octanol–water partition coefficient (Wildman–Crippen LogP) is 1.07. The number of aryl methyl sites for hydroxylation is 2. The van der Waals surface area contributed by atoms with Gasteiger partial charge in [-0.2, -0.15) is 0 Å². The number of piperidine rings is 1. The van der Waals surface area contributed by atoms with Crippen LogP contribution in [0, 0.1) is 19.8 Å². The number of likely N-dealkylation sites (tertiary alicyclic amines) is 1. The van der Waals surface area contributed by atoms with Crippen LogP contribution in [0.5, 0.6) is 0 Å². The van der Waals surface area contributed by atoms with E-state index in [4.69, 9.17) is 4.74 Å². The van der Waals surface area contributed by atoms with Gasteiger partial charge >= 0.3 is 0 Å². The van der Waals surface area contributed by atoms with E-state index in [9.17, 15) is 18.0 Å². The number of carbonyl (C=O) groups is 2. The van der Waals surface area contributed by atoms with Crippen molar-refractivity contribution in [2.24, 2.45) is 5.92 Å². The Hall–Kier alpha value is -1.97. The van der Waals surface area contributed by atoms with Gasteiger partial charge in [-0.25, -0.2) is 13.1 Å². The fourth-order valence-corrected chi connectivity index (χ4v) is 5.30. The molecule has 0 spiro atoms. The van der Waals surface area contributed by atoms with E-state index in [0.29, 0.717) is 57.8 Å². The van der Waals surface area contributed by atoms with Crippen LogP contribution < -0.4 is 4.72 Å². The number of benzene rings is 1. The zero-order valence-electron chi connectivity index (χ0n) is 17.7. The number of hydrogen-bond donors (Lipinski definition) is 1. The third-order valence-corrected chi connectivity index (χ3v) is 7.39. The monoisotopic (exact) mass is 437 g/mol. The molecule has 3 rings (SSSR count). The minimum atomic E-state index is -3.65. The molecule has 9 heteroatoms. The van der Waals surface area contributed by atoms with Gasteiger partial charge in [-0.3, -0.25) is 9.59 Å². The number of carbonyl (C=O) groups excluding carboxylic acids is 2. The van der Waals surface area contributed by atoms with Crippen LogP contribution in [0.2, 0.25) is 0 Å². The van der Waals surface area contributed by atoms with Crippen LogP contribution in [-0.4, -0.2) is 76.0 Å². The Balaban J connectivity index is 1.44. The van der Waals surface area contributed by atoms with Crippen molar-refractivity contribution in [1.29, 1.82) is 0 Å². The van der Waals surface area contributed by atoms with Gasteiger partial charge in [0.15, 0.2) is 0 Å². The van der Waals surface area contributed by atoms with E-state index in [-0.39, 0.29) is 35.6 Å². The molecule has 2 aliphatic heterocycles. The molecular formula is C21H31N3O5S. The van der Waals surface area contributed by atoms with E-state index in [0.717, 1.165) is 5.56 Å². The molecule has 0 saturated carbocycles. The van der Waals surface area contributed by atoms with Crippen molar-refractivity contribution < 1.29 is 22.7 Å². The molecule has 166 valence electrons. The number of hydrogen-bond acceptors (Lipinski definition) is 5. The van der Waals surface area contributed by atoms with Crippen LogP contribution in [0.4, 0.5) is 0 Å². The largest absolute Gasteiger partial charge is 0.378 e. The summed E-state index contributed by atoms with van der Waals surface area (Å²) in [6.07, 6.45) is 1.40. The van der Waals surface area contributed by atoms with Crippen LogP contribution in [0.3, 0.4) is 0 Å². The van der Waals surface area contributed by atoms with E-state index in [1.54, 1.807) is 24.0 Å². The maximum atomic E-state index is 12.6. The topological polar surface area (TPSA) is 96.0 Å². The Morgan fingerprint density at radius 2 is 1.73 bits per heavy atom. The summed E-state index contributed by atoms with van der Waals surface area (Å²) in [5, 5.41) is 0. The van der Waals surface area contributed by atoms with Crippen molar-refractivity contribution in [3.05, 3.63) is 29.3 Å². The first-order valence-corrected chi connectivity index (χ1v) is 12.0. The van der Waals surface area contributed by atoms with Crippen molar-refractivity contribution in [3.63, 3.8) is 0 Å². The Kier molecular flexibility index (Phi) is 7.49. The zero-order chi connectivity index (χ0) is 21.7.